The van der Waals surface area contributed by atoms with E-state index in [1.165, 1.54) is 29.0 Å². The van der Waals surface area contributed by atoms with Crippen molar-refractivity contribution >= 4 is 23.4 Å². The van der Waals surface area contributed by atoms with Gasteiger partial charge in [-0.15, -0.1) is 11.8 Å². The molecule has 1 amide bonds. The number of furan rings is 1. The van der Waals surface area contributed by atoms with E-state index in [2.05, 4.69) is 4.98 Å². The zero-order valence-corrected chi connectivity index (χ0v) is 15.4. The normalized spacial score (nSPS) is 10.6. The maximum Gasteiger partial charge on any atom is 0.282 e. The van der Waals surface area contributed by atoms with Crippen LogP contribution in [-0.4, -0.2) is 27.0 Å². The van der Waals surface area contributed by atoms with E-state index in [0.717, 1.165) is 10.5 Å². The molecule has 0 aliphatic heterocycles. The number of rotatable bonds is 7. The second-order valence-corrected chi connectivity index (χ2v) is 6.62. The Balaban J connectivity index is 1.98. The van der Waals surface area contributed by atoms with Gasteiger partial charge in [0.05, 0.1) is 17.7 Å². The minimum atomic E-state index is -0.535. The highest BCUT2D eigenvalue weighted by atomic mass is 32.2. The van der Waals surface area contributed by atoms with E-state index < -0.39 is 10.8 Å². The minimum Gasteiger partial charge on any atom is -0.467 e. The lowest BCUT2D eigenvalue weighted by molar-refractivity contribution is -0.385. The highest BCUT2D eigenvalue weighted by Crippen LogP contribution is 2.27. The topological polar surface area (TPSA) is 89.5 Å². The van der Waals surface area contributed by atoms with E-state index in [-0.39, 0.29) is 24.3 Å². The molecule has 3 aromatic rings. The first-order valence-corrected chi connectivity index (χ1v) is 9.34. The molecule has 27 heavy (non-hydrogen) atoms. The third kappa shape index (κ3) is 4.53. The first-order valence-electron chi connectivity index (χ1n) is 8.11. The quantitative estimate of drug-likeness (QED) is 0.346. The molecule has 0 saturated heterocycles. The van der Waals surface area contributed by atoms with Crippen LogP contribution >= 0.6 is 11.8 Å². The van der Waals surface area contributed by atoms with Crippen LogP contribution < -0.4 is 0 Å². The first kappa shape index (κ1) is 18.7. The van der Waals surface area contributed by atoms with Crippen molar-refractivity contribution in [2.24, 2.45) is 0 Å². The Kier molecular flexibility index (Phi) is 5.87. The molecule has 138 valence electrons. The van der Waals surface area contributed by atoms with Crippen molar-refractivity contribution in [2.45, 2.75) is 18.0 Å². The second-order valence-electron chi connectivity index (χ2n) is 5.74. The molecule has 1 aromatic carbocycles. The zero-order chi connectivity index (χ0) is 19.2. The van der Waals surface area contributed by atoms with Gasteiger partial charge in [-0.25, -0.2) is 0 Å². The lowest BCUT2D eigenvalue weighted by Crippen LogP contribution is -2.30. The maximum absolute atomic E-state index is 13.2. The lowest BCUT2D eigenvalue weighted by atomic mass is 10.1. The summed E-state index contributed by atoms with van der Waals surface area (Å²) in [6.45, 7) is 0.454. The van der Waals surface area contributed by atoms with Crippen LogP contribution in [0.2, 0.25) is 0 Å². The van der Waals surface area contributed by atoms with Crippen molar-refractivity contribution in [3.63, 3.8) is 0 Å². The summed E-state index contributed by atoms with van der Waals surface area (Å²) in [7, 11) is 0. The molecule has 0 unspecified atom stereocenters. The predicted molar refractivity (Wildman–Crippen MR) is 101 cm³/mol. The molecule has 0 bridgehead atoms. The Morgan fingerprint density at radius 2 is 2.11 bits per heavy atom. The number of nitrogens with zero attached hydrogens (tertiary/aromatic N) is 3. The number of thioether (sulfide) groups is 1. The van der Waals surface area contributed by atoms with E-state index in [1.54, 1.807) is 42.7 Å². The van der Waals surface area contributed by atoms with E-state index in [4.69, 9.17) is 4.42 Å². The van der Waals surface area contributed by atoms with E-state index >= 15 is 0 Å². The highest BCUT2D eigenvalue weighted by Gasteiger charge is 2.26. The lowest BCUT2D eigenvalue weighted by Gasteiger charge is -2.22. The number of hydrogen-bond acceptors (Lipinski definition) is 6. The monoisotopic (exact) mass is 383 g/mol. The summed E-state index contributed by atoms with van der Waals surface area (Å²) in [5, 5.41) is 11.4. The third-order valence-electron chi connectivity index (χ3n) is 3.94. The van der Waals surface area contributed by atoms with Crippen LogP contribution in [0.5, 0.6) is 0 Å². The highest BCUT2D eigenvalue weighted by molar-refractivity contribution is 7.98. The molecule has 0 aliphatic carbocycles. The summed E-state index contributed by atoms with van der Waals surface area (Å²) < 4.78 is 5.36. The average molecular weight is 383 g/mol. The van der Waals surface area contributed by atoms with Gasteiger partial charge in [-0.3, -0.25) is 19.9 Å². The van der Waals surface area contributed by atoms with Crippen LogP contribution in [0.3, 0.4) is 0 Å². The molecule has 7 nitrogen and oxygen atoms in total. The number of carbonyl (C=O) groups is 1. The molecule has 0 atom stereocenters. The molecule has 8 heteroatoms. The first-order chi connectivity index (χ1) is 13.1. The van der Waals surface area contributed by atoms with Crippen molar-refractivity contribution in [1.82, 2.24) is 9.88 Å². The summed E-state index contributed by atoms with van der Waals surface area (Å²) in [6, 6.07) is 11.7. The zero-order valence-electron chi connectivity index (χ0n) is 14.6. The van der Waals surface area contributed by atoms with Crippen LogP contribution in [0.15, 0.2) is 70.4 Å². The summed E-state index contributed by atoms with van der Waals surface area (Å²) in [6.07, 6.45) is 6.69. The molecule has 2 heterocycles. The van der Waals surface area contributed by atoms with Gasteiger partial charge in [0, 0.05) is 29.9 Å². The molecule has 0 N–H and O–H groups in total. The number of benzene rings is 1. The Bertz CT molecular complexity index is 929. The number of nitro benzene ring substituents is 1. The molecular formula is C19H17N3O4S. The molecule has 0 aliphatic rings. The fourth-order valence-electron chi connectivity index (χ4n) is 2.65. The maximum atomic E-state index is 13.2. The molecule has 0 fully saturated rings. The Morgan fingerprint density at radius 3 is 2.74 bits per heavy atom. The van der Waals surface area contributed by atoms with Gasteiger partial charge in [0.2, 0.25) is 0 Å². The van der Waals surface area contributed by atoms with Crippen LogP contribution in [0.1, 0.15) is 21.7 Å². The van der Waals surface area contributed by atoms with Gasteiger partial charge in [0.15, 0.2) is 0 Å². The molecular weight excluding hydrogens is 366 g/mol. The smallest absolute Gasteiger partial charge is 0.282 e. The minimum absolute atomic E-state index is 0.0577. The second kappa shape index (κ2) is 8.50. The van der Waals surface area contributed by atoms with Gasteiger partial charge in [-0.2, -0.15) is 0 Å². The van der Waals surface area contributed by atoms with Crippen LogP contribution in [0, 0.1) is 10.1 Å². The molecule has 2 aromatic heterocycles. The van der Waals surface area contributed by atoms with Gasteiger partial charge in [0.25, 0.3) is 11.6 Å². The Labute approximate surface area is 160 Å². The summed E-state index contributed by atoms with van der Waals surface area (Å²) >= 11 is 1.42. The SMILES string of the molecule is CSc1ccc([N+](=O)[O-])c(C(=O)N(Cc2cccnc2)Cc2ccco2)c1. The van der Waals surface area contributed by atoms with E-state index in [9.17, 15) is 14.9 Å². The fourth-order valence-corrected chi connectivity index (χ4v) is 3.09. The van der Waals surface area contributed by atoms with Gasteiger partial charge >= 0.3 is 0 Å². The summed E-state index contributed by atoms with van der Waals surface area (Å²) in [5.74, 6) is 0.161. The van der Waals surface area contributed by atoms with Gasteiger partial charge in [0.1, 0.15) is 11.3 Å². The van der Waals surface area contributed by atoms with Crippen LogP contribution in [0.4, 0.5) is 5.69 Å². The third-order valence-corrected chi connectivity index (χ3v) is 4.67. The van der Waals surface area contributed by atoms with Crippen molar-refractivity contribution < 1.29 is 14.1 Å². The molecule has 0 radical (unpaired) electrons. The number of nitro groups is 1. The average Bonchev–Trinajstić information content (AvgIpc) is 3.20. The van der Waals surface area contributed by atoms with Crippen molar-refractivity contribution in [1.29, 1.82) is 0 Å². The van der Waals surface area contributed by atoms with Gasteiger partial charge in [-0.1, -0.05) is 6.07 Å². The van der Waals surface area contributed by atoms with Crippen molar-refractivity contribution in [3.05, 3.63) is 88.1 Å². The summed E-state index contributed by atoms with van der Waals surface area (Å²) in [4.78, 5) is 30.5. The standard InChI is InChI=1S/C19H17N3O4S/c1-27-16-6-7-18(22(24)25)17(10-16)19(23)21(13-15-5-3-9-26-15)12-14-4-2-8-20-11-14/h2-11H,12-13H2,1H3. The largest absolute Gasteiger partial charge is 0.467 e. The molecule has 0 spiro atoms. The van der Waals surface area contributed by atoms with Crippen molar-refractivity contribution in [2.75, 3.05) is 6.26 Å². The molecule has 0 saturated carbocycles. The number of carbonyl (C=O) groups excluding carboxylic acids is 1. The predicted octanol–water partition coefficient (Wildman–Crippen LogP) is 4.15. The van der Waals surface area contributed by atoms with Crippen LogP contribution in [-0.2, 0) is 13.1 Å². The molecule has 3 rings (SSSR count). The van der Waals surface area contributed by atoms with E-state index in [0.29, 0.717) is 5.76 Å². The number of aromatic nitrogens is 1. The van der Waals surface area contributed by atoms with Gasteiger partial charge < -0.3 is 9.32 Å². The fraction of sp³-hybridized carbons (Fsp3) is 0.158. The van der Waals surface area contributed by atoms with Crippen LogP contribution in [0.25, 0.3) is 0 Å². The summed E-state index contributed by atoms with van der Waals surface area (Å²) in [5.41, 5.74) is 0.664. The van der Waals surface area contributed by atoms with Crippen molar-refractivity contribution in [3.8, 4) is 0 Å². The Morgan fingerprint density at radius 1 is 1.26 bits per heavy atom. The Hall–Kier alpha value is -3.13. The number of hydrogen-bond donors (Lipinski definition) is 0. The van der Waals surface area contributed by atoms with E-state index in [1.807, 2.05) is 12.3 Å². The number of amides is 1. The van der Waals surface area contributed by atoms with Gasteiger partial charge in [-0.05, 0) is 42.2 Å². The number of pyridine rings is 1.